The van der Waals surface area contributed by atoms with E-state index in [0.29, 0.717) is 13.2 Å². The molecule has 0 radical (unpaired) electrons. The highest BCUT2D eigenvalue weighted by Gasteiger charge is 1.92. The maximum absolute atomic E-state index is 5.35. The molecule has 0 aliphatic heterocycles. The summed E-state index contributed by atoms with van der Waals surface area (Å²) in [5, 5.41) is 0. The largest absolute Gasteiger partial charge is 0.446 e. The second kappa shape index (κ2) is 13.5. The second-order valence-corrected chi connectivity index (χ2v) is 6.00. The number of unbranched alkanes of at least 4 members (excludes halogenated alkanes) is 5. The van der Waals surface area contributed by atoms with Gasteiger partial charge in [-0.2, -0.15) is 0 Å². The van der Waals surface area contributed by atoms with Crippen molar-refractivity contribution in [2.75, 3.05) is 13.2 Å². The Morgan fingerprint density at radius 2 is 0.885 bits per heavy atom. The van der Waals surface area contributed by atoms with Crippen molar-refractivity contribution in [3.63, 3.8) is 0 Å². The van der Waals surface area contributed by atoms with Crippen LogP contribution < -0.4 is 0 Å². The van der Waals surface area contributed by atoms with Crippen molar-refractivity contribution in [3.8, 4) is 24.1 Å². The Morgan fingerprint density at radius 3 is 1.31 bits per heavy atom. The van der Waals surface area contributed by atoms with E-state index in [9.17, 15) is 0 Å². The van der Waals surface area contributed by atoms with Gasteiger partial charge in [0.05, 0.1) is 0 Å². The molecule has 0 spiro atoms. The molecule has 2 aromatic carbocycles. The zero-order chi connectivity index (χ0) is 18.1. The van der Waals surface area contributed by atoms with E-state index >= 15 is 0 Å². The van der Waals surface area contributed by atoms with E-state index in [1.165, 1.54) is 25.7 Å². The summed E-state index contributed by atoms with van der Waals surface area (Å²) in [7, 11) is 0. The van der Waals surface area contributed by atoms with Gasteiger partial charge in [0.2, 0.25) is 0 Å². The summed E-state index contributed by atoms with van der Waals surface area (Å²) < 4.78 is 10.7. The Bertz CT molecular complexity index is 649. The van der Waals surface area contributed by atoms with Crippen LogP contribution in [0.3, 0.4) is 0 Å². The summed E-state index contributed by atoms with van der Waals surface area (Å²) in [4.78, 5) is 0. The summed E-state index contributed by atoms with van der Waals surface area (Å²) in [6, 6.07) is 19.8. The fraction of sp³-hybridized carbons (Fsp3) is 0.333. The van der Waals surface area contributed by atoms with E-state index in [4.69, 9.17) is 9.47 Å². The molecule has 26 heavy (non-hydrogen) atoms. The van der Waals surface area contributed by atoms with E-state index in [-0.39, 0.29) is 0 Å². The molecular formula is C24H26O2. The molecule has 134 valence electrons. The van der Waals surface area contributed by atoms with E-state index in [2.05, 4.69) is 24.1 Å². The molecule has 0 N–H and O–H groups in total. The minimum Gasteiger partial charge on any atom is -0.446 e. The quantitative estimate of drug-likeness (QED) is 0.448. The van der Waals surface area contributed by atoms with Crippen LogP contribution in [0.15, 0.2) is 60.7 Å². The molecule has 0 unspecified atom stereocenters. The van der Waals surface area contributed by atoms with Crippen molar-refractivity contribution in [1.29, 1.82) is 0 Å². The molecule has 0 fully saturated rings. The second-order valence-electron chi connectivity index (χ2n) is 6.00. The van der Waals surface area contributed by atoms with Gasteiger partial charge in [-0.25, -0.2) is 0 Å². The SMILES string of the molecule is C(#Cc1ccccc1)OCCCCCCCCOC#Cc1ccccc1. The predicted octanol–water partition coefficient (Wildman–Crippen LogP) is 5.38. The first-order valence-corrected chi connectivity index (χ1v) is 9.31. The van der Waals surface area contributed by atoms with Gasteiger partial charge in [-0.05, 0) is 48.9 Å². The lowest BCUT2D eigenvalue weighted by Gasteiger charge is -2.01. The molecule has 0 aromatic heterocycles. The van der Waals surface area contributed by atoms with E-state index in [1.54, 1.807) is 0 Å². The van der Waals surface area contributed by atoms with Crippen LogP contribution in [0.4, 0.5) is 0 Å². The number of hydrogen-bond donors (Lipinski definition) is 0. The molecule has 0 heterocycles. The van der Waals surface area contributed by atoms with Crippen LogP contribution in [0.25, 0.3) is 0 Å². The van der Waals surface area contributed by atoms with Gasteiger partial charge in [-0.1, -0.05) is 62.1 Å². The van der Waals surface area contributed by atoms with Gasteiger partial charge in [-0.15, -0.1) is 0 Å². The molecule has 0 aliphatic rings. The standard InChI is InChI=1S/C24H26O2/c1(3-11-19-25-21-17-23-13-7-5-8-14-23)2-4-12-20-26-22-18-24-15-9-6-10-16-24/h5-10,13-16H,1-4,11-12,19-20H2. The van der Waals surface area contributed by atoms with Crippen LogP contribution in [0.2, 0.25) is 0 Å². The summed E-state index contributed by atoms with van der Waals surface area (Å²) in [5.41, 5.74) is 1.98. The van der Waals surface area contributed by atoms with Gasteiger partial charge in [-0.3, -0.25) is 0 Å². The average Bonchev–Trinajstić information content (AvgIpc) is 2.70. The predicted molar refractivity (Wildman–Crippen MR) is 106 cm³/mol. The Balaban J connectivity index is 1.37. The fourth-order valence-electron chi connectivity index (χ4n) is 2.39. The van der Waals surface area contributed by atoms with Gasteiger partial charge >= 0.3 is 0 Å². The third kappa shape index (κ3) is 9.45. The van der Waals surface area contributed by atoms with Crippen LogP contribution in [0.1, 0.15) is 49.7 Å². The van der Waals surface area contributed by atoms with Crippen LogP contribution in [0.5, 0.6) is 0 Å². The minimum absolute atomic E-state index is 0.706. The van der Waals surface area contributed by atoms with Crippen molar-refractivity contribution < 1.29 is 9.47 Å². The first kappa shape index (κ1) is 19.5. The summed E-state index contributed by atoms with van der Waals surface area (Å²) >= 11 is 0. The lowest BCUT2D eigenvalue weighted by molar-refractivity contribution is 0.260. The van der Waals surface area contributed by atoms with Gasteiger partial charge in [0.1, 0.15) is 25.4 Å². The molecule has 0 saturated heterocycles. The number of rotatable bonds is 9. The van der Waals surface area contributed by atoms with Crippen LogP contribution in [-0.2, 0) is 9.47 Å². The van der Waals surface area contributed by atoms with Gasteiger partial charge in [0.15, 0.2) is 0 Å². The number of benzene rings is 2. The normalized spacial score (nSPS) is 9.38. The first-order valence-electron chi connectivity index (χ1n) is 9.31. The fourth-order valence-corrected chi connectivity index (χ4v) is 2.39. The average molecular weight is 346 g/mol. The highest BCUT2D eigenvalue weighted by molar-refractivity contribution is 5.32. The number of hydrogen-bond acceptors (Lipinski definition) is 2. The summed E-state index contributed by atoms with van der Waals surface area (Å²) in [5.74, 6) is 5.99. The molecule has 2 nitrogen and oxygen atoms in total. The van der Waals surface area contributed by atoms with Crippen molar-refractivity contribution >= 4 is 0 Å². The van der Waals surface area contributed by atoms with Crippen LogP contribution >= 0.6 is 0 Å². The number of ether oxygens (including phenoxy) is 2. The maximum atomic E-state index is 5.35. The molecule has 0 aliphatic carbocycles. The Hall–Kier alpha value is -2.84. The zero-order valence-electron chi connectivity index (χ0n) is 15.2. The van der Waals surface area contributed by atoms with Crippen molar-refractivity contribution in [2.24, 2.45) is 0 Å². The summed E-state index contributed by atoms with van der Waals surface area (Å²) in [6.07, 6.45) is 12.5. The Morgan fingerprint density at radius 1 is 0.500 bits per heavy atom. The lowest BCUT2D eigenvalue weighted by Crippen LogP contribution is -1.91. The van der Waals surface area contributed by atoms with Gasteiger partial charge < -0.3 is 9.47 Å². The van der Waals surface area contributed by atoms with Crippen molar-refractivity contribution in [2.45, 2.75) is 38.5 Å². The molecular weight excluding hydrogens is 320 g/mol. The third-order valence-electron chi connectivity index (χ3n) is 3.83. The molecule has 2 rings (SSSR count). The highest BCUT2D eigenvalue weighted by Crippen LogP contribution is 2.05. The lowest BCUT2D eigenvalue weighted by atomic mass is 10.1. The first-order chi connectivity index (χ1) is 12.9. The molecule has 0 bridgehead atoms. The minimum atomic E-state index is 0.706. The van der Waals surface area contributed by atoms with Crippen molar-refractivity contribution in [1.82, 2.24) is 0 Å². The zero-order valence-corrected chi connectivity index (χ0v) is 15.2. The van der Waals surface area contributed by atoms with E-state index in [1.807, 2.05) is 60.7 Å². The molecule has 0 saturated carbocycles. The molecule has 0 atom stereocenters. The maximum Gasteiger partial charge on any atom is 0.115 e. The molecule has 0 amide bonds. The topological polar surface area (TPSA) is 18.5 Å². The van der Waals surface area contributed by atoms with Gasteiger partial charge in [0, 0.05) is 11.1 Å². The van der Waals surface area contributed by atoms with Crippen LogP contribution in [-0.4, -0.2) is 13.2 Å². The molecule has 2 aromatic rings. The highest BCUT2D eigenvalue weighted by atomic mass is 16.5. The Labute approximate surface area is 157 Å². The molecule has 2 heteroatoms. The Kier molecular flexibility index (Phi) is 10.1. The summed E-state index contributed by atoms with van der Waals surface area (Å²) in [6.45, 7) is 1.41. The van der Waals surface area contributed by atoms with Crippen LogP contribution in [0, 0.1) is 24.1 Å². The van der Waals surface area contributed by atoms with E-state index < -0.39 is 0 Å². The third-order valence-corrected chi connectivity index (χ3v) is 3.83. The van der Waals surface area contributed by atoms with Crippen molar-refractivity contribution in [3.05, 3.63) is 71.8 Å². The smallest absolute Gasteiger partial charge is 0.115 e. The monoisotopic (exact) mass is 346 g/mol. The van der Waals surface area contributed by atoms with E-state index in [0.717, 1.165) is 24.0 Å². The van der Waals surface area contributed by atoms with Gasteiger partial charge in [0.25, 0.3) is 0 Å².